The highest BCUT2D eigenvalue weighted by Crippen LogP contribution is 2.19. The van der Waals surface area contributed by atoms with Crippen molar-refractivity contribution >= 4 is 11.7 Å². The lowest BCUT2D eigenvalue weighted by atomic mass is 10.1. The molecule has 2 rings (SSSR count). The minimum absolute atomic E-state index is 0.0470. The van der Waals surface area contributed by atoms with Crippen molar-refractivity contribution < 1.29 is 14.3 Å². The Balaban J connectivity index is 2.06. The van der Waals surface area contributed by atoms with Gasteiger partial charge in [-0.05, 0) is 31.0 Å². The number of rotatable bonds is 5. The number of anilines is 1. The summed E-state index contributed by atoms with van der Waals surface area (Å²) in [5.41, 5.74) is 2.30. The molecule has 2 aromatic rings. The molecule has 104 valence electrons. The zero-order valence-corrected chi connectivity index (χ0v) is 11.2. The Morgan fingerprint density at radius 2 is 2.00 bits per heavy atom. The summed E-state index contributed by atoms with van der Waals surface area (Å²) >= 11 is 0. The first-order chi connectivity index (χ1) is 9.58. The molecule has 4 heteroatoms. The normalized spacial score (nSPS) is 10.3. The van der Waals surface area contributed by atoms with E-state index in [1.54, 1.807) is 0 Å². The van der Waals surface area contributed by atoms with E-state index in [2.05, 4.69) is 11.4 Å². The lowest BCUT2D eigenvalue weighted by Gasteiger charge is -2.10. The molecule has 0 atom stereocenters. The first-order valence-electron chi connectivity index (χ1n) is 6.39. The Hall–Kier alpha value is -2.36. The fourth-order valence-corrected chi connectivity index (χ4v) is 2.08. The van der Waals surface area contributed by atoms with E-state index in [1.807, 2.05) is 25.1 Å². The quantitative estimate of drug-likeness (QED) is 0.876. The second-order valence-corrected chi connectivity index (χ2v) is 4.63. The summed E-state index contributed by atoms with van der Waals surface area (Å²) in [4.78, 5) is 11.0. The van der Waals surface area contributed by atoms with Crippen LogP contribution in [0, 0.1) is 12.7 Å². The SMILES string of the molecule is Cc1cccc(CCNc2c(F)cccc2C(=O)O)c1. The van der Waals surface area contributed by atoms with Gasteiger partial charge in [-0.2, -0.15) is 0 Å². The minimum atomic E-state index is -1.14. The van der Waals surface area contributed by atoms with Crippen LogP contribution in [0.2, 0.25) is 0 Å². The van der Waals surface area contributed by atoms with E-state index < -0.39 is 11.8 Å². The number of carboxylic acids is 1. The molecule has 0 aliphatic carbocycles. The van der Waals surface area contributed by atoms with E-state index in [0.717, 1.165) is 5.56 Å². The van der Waals surface area contributed by atoms with Gasteiger partial charge in [0.1, 0.15) is 5.82 Å². The van der Waals surface area contributed by atoms with Crippen LogP contribution in [0.25, 0.3) is 0 Å². The molecular weight excluding hydrogens is 257 g/mol. The van der Waals surface area contributed by atoms with Crippen molar-refractivity contribution in [3.05, 3.63) is 65.0 Å². The first kappa shape index (κ1) is 14.1. The first-order valence-corrected chi connectivity index (χ1v) is 6.39. The summed E-state index contributed by atoms with van der Waals surface area (Å²) < 4.78 is 13.7. The maximum atomic E-state index is 13.7. The van der Waals surface area contributed by atoms with E-state index in [1.165, 1.54) is 23.8 Å². The van der Waals surface area contributed by atoms with Crippen LogP contribution < -0.4 is 5.32 Å². The molecule has 3 nitrogen and oxygen atoms in total. The maximum absolute atomic E-state index is 13.7. The zero-order valence-electron chi connectivity index (χ0n) is 11.2. The number of hydrogen-bond acceptors (Lipinski definition) is 2. The van der Waals surface area contributed by atoms with Crippen LogP contribution in [-0.4, -0.2) is 17.6 Å². The summed E-state index contributed by atoms with van der Waals surface area (Å²) in [5.74, 6) is -1.68. The second kappa shape index (κ2) is 6.19. The molecule has 0 saturated carbocycles. The summed E-state index contributed by atoms with van der Waals surface area (Å²) in [5, 5.41) is 11.9. The Morgan fingerprint density at radius 3 is 2.70 bits per heavy atom. The largest absolute Gasteiger partial charge is 0.478 e. The Kier molecular flexibility index (Phi) is 4.35. The van der Waals surface area contributed by atoms with Gasteiger partial charge in [-0.1, -0.05) is 35.9 Å². The number of carboxylic acid groups (broad SMARTS) is 1. The van der Waals surface area contributed by atoms with Crippen molar-refractivity contribution in [2.24, 2.45) is 0 Å². The number of para-hydroxylation sites is 1. The molecule has 0 heterocycles. The van der Waals surface area contributed by atoms with Gasteiger partial charge in [0.15, 0.2) is 0 Å². The maximum Gasteiger partial charge on any atom is 0.337 e. The van der Waals surface area contributed by atoms with E-state index >= 15 is 0 Å². The lowest BCUT2D eigenvalue weighted by molar-refractivity contribution is 0.0697. The second-order valence-electron chi connectivity index (χ2n) is 4.63. The third-order valence-electron chi connectivity index (χ3n) is 3.04. The molecule has 0 amide bonds. The van der Waals surface area contributed by atoms with Gasteiger partial charge in [0.25, 0.3) is 0 Å². The molecule has 0 unspecified atom stereocenters. The third kappa shape index (κ3) is 3.35. The smallest absolute Gasteiger partial charge is 0.337 e. The van der Waals surface area contributed by atoms with Gasteiger partial charge >= 0.3 is 5.97 Å². The minimum Gasteiger partial charge on any atom is -0.478 e. The fraction of sp³-hybridized carbons (Fsp3) is 0.188. The molecule has 0 radical (unpaired) electrons. The predicted octanol–water partition coefficient (Wildman–Crippen LogP) is 3.49. The fourth-order valence-electron chi connectivity index (χ4n) is 2.08. The number of nitrogens with one attached hydrogen (secondary N) is 1. The number of carbonyl (C=O) groups is 1. The highest BCUT2D eigenvalue weighted by atomic mass is 19.1. The van der Waals surface area contributed by atoms with Gasteiger partial charge in [0, 0.05) is 6.54 Å². The molecule has 2 aromatic carbocycles. The molecule has 0 bridgehead atoms. The van der Waals surface area contributed by atoms with Gasteiger partial charge in [-0.25, -0.2) is 9.18 Å². The van der Waals surface area contributed by atoms with E-state index in [4.69, 9.17) is 5.11 Å². The van der Waals surface area contributed by atoms with Gasteiger partial charge in [-0.15, -0.1) is 0 Å². The van der Waals surface area contributed by atoms with Gasteiger partial charge in [0.05, 0.1) is 11.3 Å². The van der Waals surface area contributed by atoms with E-state index in [9.17, 15) is 9.18 Å². The molecular formula is C16H16FNO2. The summed E-state index contributed by atoms with van der Waals surface area (Å²) in [6.07, 6.45) is 0.703. The highest BCUT2D eigenvalue weighted by molar-refractivity contribution is 5.94. The summed E-state index contributed by atoms with van der Waals surface area (Å²) in [6, 6.07) is 12.1. The van der Waals surface area contributed by atoms with Crippen molar-refractivity contribution in [3.8, 4) is 0 Å². The number of aryl methyl sites for hydroxylation is 1. The van der Waals surface area contributed by atoms with Gasteiger partial charge in [-0.3, -0.25) is 0 Å². The van der Waals surface area contributed by atoms with E-state index in [-0.39, 0.29) is 11.3 Å². The van der Waals surface area contributed by atoms with Crippen molar-refractivity contribution in [3.63, 3.8) is 0 Å². The Labute approximate surface area is 117 Å². The van der Waals surface area contributed by atoms with Crippen LogP contribution in [0.4, 0.5) is 10.1 Å². The van der Waals surface area contributed by atoms with Gasteiger partial charge < -0.3 is 10.4 Å². The average molecular weight is 273 g/mol. The van der Waals surface area contributed by atoms with Crippen LogP contribution in [0.1, 0.15) is 21.5 Å². The average Bonchev–Trinajstić information content (AvgIpc) is 2.40. The standard InChI is InChI=1S/C16H16FNO2/c1-11-4-2-5-12(10-11)8-9-18-15-13(16(19)20)6-3-7-14(15)17/h2-7,10,18H,8-9H2,1H3,(H,19,20). The predicted molar refractivity (Wildman–Crippen MR) is 76.7 cm³/mol. The molecule has 0 aromatic heterocycles. The highest BCUT2D eigenvalue weighted by Gasteiger charge is 2.13. The van der Waals surface area contributed by atoms with Crippen molar-refractivity contribution in [2.75, 3.05) is 11.9 Å². The van der Waals surface area contributed by atoms with Crippen molar-refractivity contribution in [1.82, 2.24) is 0 Å². The number of hydrogen-bond donors (Lipinski definition) is 2. The Morgan fingerprint density at radius 1 is 1.25 bits per heavy atom. The van der Waals surface area contributed by atoms with Crippen molar-refractivity contribution in [1.29, 1.82) is 0 Å². The van der Waals surface area contributed by atoms with Crippen LogP contribution in [0.5, 0.6) is 0 Å². The summed E-state index contributed by atoms with van der Waals surface area (Å²) in [7, 11) is 0. The molecule has 0 spiro atoms. The molecule has 20 heavy (non-hydrogen) atoms. The van der Waals surface area contributed by atoms with Crippen LogP contribution >= 0.6 is 0 Å². The monoisotopic (exact) mass is 273 g/mol. The lowest BCUT2D eigenvalue weighted by Crippen LogP contribution is -2.11. The number of halogens is 1. The van der Waals surface area contributed by atoms with Gasteiger partial charge in [0.2, 0.25) is 0 Å². The third-order valence-corrected chi connectivity index (χ3v) is 3.04. The van der Waals surface area contributed by atoms with Crippen LogP contribution in [0.15, 0.2) is 42.5 Å². The molecule has 0 fully saturated rings. The topological polar surface area (TPSA) is 49.3 Å². The molecule has 0 aliphatic heterocycles. The molecule has 2 N–H and O–H groups in total. The zero-order chi connectivity index (χ0) is 14.5. The number of benzene rings is 2. The Bertz CT molecular complexity index is 626. The van der Waals surface area contributed by atoms with E-state index in [0.29, 0.717) is 13.0 Å². The van der Waals surface area contributed by atoms with Crippen molar-refractivity contribution in [2.45, 2.75) is 13.3 Å². The van der Waals surface area contributed by atoms with Crippen LogP contribution in [-0.2, 0) is 6.42 Å². The number of aromatic carboxylic acids is 1. The summed E-state index contributed by atoms with van der Waals surface area (Å²) in [6.45, 7) is 2.49. The van der Waals surface area contributed by atoms with Crippen LogP contribution in [0.3, 0.4) is 0 Å². The molecule has 0 aliphatic rings. The molecule has 0 saturated heterocycles.